The summed E-state index contributed by atoms with van der Waals surface area (Å²) < 4.78 is 18.9. The topological polar surface area (TPSA) is 49.8 Å². The van der Waals surface area contributed by atoms with E-state index in [0.717, 1.165) is 0 Å². The summed E-state index contributed by atoms with van der Waals surface area (Å²) in [5.74, 6) is -0.554. The Morgan fingerprint density at radius 3 is 2.45 bits per heavy atom. The molecule has 0 aromatic heterocycles. The van der Waals surface area contributed by atoms with Crippen LogP contribution >= 0.6 is 11.6 Å². The number of likely N-dealkylation sites (tertiary alicyclic amines) is 1. The Bertz CT molecular complexity index is 563. The van der Waals surface area contributed by atoms with Gasteiger partial charge in [-0.3, -0.25) is 0 Å². The Morgan fingerprint density at radius 2 is 1.95 bits per heavy atom. The molecule has 1 amide bonds. The second kappa shape index (κ2) is 6.05. The average molecular weight is 330 g/mol. The molecule has 1 heterocycles. The maximum absolute atomic E-state index is 13.6. The molecule has 0 saturated carbocycles. The van der Waals surface area contributed by atoms with E-state index in [-0.39, 0.29) is 5.02 Å². The summed E-state index contributed by atoms with van der Waals surface area (Å²) in [4.78, 5) is 13.6. The first-order valence-corrected chi connectivity index (χ1v) is 7.64. The number of halogens is 2. The Labute approximate surface area is 134 Å². The average Bonchev–Trinajstić information content (AvgIpc) is 2.40. The van der Waals surface area contributed by atoms with Crippen LogP contribution in [0.2, 0.25) is 5.02 Å². The first-order chi connectivity index (χ1) is 10.1. The van der Waals surface area contributed by atoms with Gasteiger partial charge < -0.3 is 14.7 Å². The lowest BCUT2D eigenvalue weighted by Gasteiger charge is -2.39. The quantitative estimate of drug-likeness (QED) is 0.854. The SMILES string of the molecule is CC(C)(C)OC(=O)N1CCC(O)(c2ccc(Cl)c(F)c2)CC1. The number of ether oxygens (including phenoxy) is 1. The van der Waals surface area contributed by atoms with Gasteiger partial charge in [-0.2, -0.15) is 0 Å². The molecule has 0 unspecified atom stereocenters. The maximum atomic E-state index is 13.6. The van der Waals surface area contributed by atoms with E-state index in [0.29, 0.717) is 31.5 Å². The number of carbonyl (C=O) groups is 1. The third kappa shape index (κ3) is 3.90. The largest absolute Gasteiger partial charge is 0.444 e. The smallest absolute Gasteiger partial charge is 0.410 e. The zero-order valence-electron chi connectivity index (χ0n) is 13.0. The summed E-state index contributed by atoms with van der Waals surface area (Å²) in [5, 5.41) is 10.7. The highest BCUT2D eigenvalue weighted by atomic mass is 35.5. The predicted molar refractivity (Wildman–Crippen MR) is 82.3 cm³/mol. The van der Waals surface area contributed by atoms with E-state index in [1.807, 2.05) is 20.8 Å². The normalized spacial score (nSPS) is 18.2. The molecule has 0 spiro atoms. The zero-order valence-corrected chi connectivity index (χ0v) is 13.8. The number of hydrogen-bond acceptors (Lipinski definition) is 3. The number of hydrogen-bond donors (Lipinski definition) is 1. The molecule has 22 heavy (non-hydrogen) atoms. The highest BCUT2D eigenvalue weighted by Crippen LogP contribution is 2.34. The van der Waals surface area contributed by atoms with Gasteiger partial charge in [0.15, 0.2) is 0 Å². The molecule has 0 aliphatic carbocycles. The van der Waals surface area contributed by atoms with Crippen molar-refractivity contribution < 1.29 is 19.0 Å². The lowest BCUT2D eigenvalue weighted by atomic mass is 9.84. The molecule has 6 heteroatoms. The third-order valence-electron chi connectivity index (χ3n) is 3.70. The number of nitrogens with zero attached hydrogens (tertiary/aromatic N) is 1. The monoisotopic (exact) mass is 329 g/mol. The van der Waals surface area contributed by atoms with E-state index in [1.54, 1.807) is 11.0 Å². The highest BCUT2D eigenvalue weighted by molar-refractivity contribution is 6.30. The fourth-order valence-corrected chi connectivity index (χ4v) is 2.58. The van der Waals surface area contributed by atoms with Gasteiger partial charge in [0.25, 0.3) is 0 Å². The van der Waals surface area contributed by atoms with Gasteiger partial charge in [-0.05, 0) is 51.3 Å². The van der Waals surface area contributed by atoms with E-state index < -0.39 is 23.1 Å². The number of rotatable bonds is 1. The standard InChI is InChI=1S/C16H21ClFNO3/c1-15(2,3)22-14(20)19-8-6-16(21,7-9-19)11-4-5-12(17)13(18)10-11/h4-5,10,21H,6-9H2,1-3H3. The number of piperidine rings is 1. The molecular weight excluding hydrogens is 309 g/mol. The Balaban J connectivity index is 2.04. The van der Waals surface area contributed by atoms with Gasteiger partial charge in [0.1, 0.15) is 11.4 Å². The summed E-state index contributed by atoms with van der Waals surface area (Å²) in [6.07, 6.45) is 0.262. The lowest BCUT2D eigenvalue weighted by Crippen LogP contribution is -2.46. The fourth-order valence-electron chi connectivity index (χ4n) is 2.46. The van der Waals surface area contributed by atoms with Crippen LogP contribution in [0.3, 0.4) is 0 Å². The Kier molecular flexibility index (Phi) is 4.68. The summed E-state index contributed by atoms with van der Waals surface area (Å²) in [7, 11) is 0. The van der Waals surface area contributed by atoms with E-state index in [4.69, 9.17) is 16.3 Å². The van der Waals surface area contributed by atoms with Crippen molar-refractivity contribution in [2.24, 2.45) is 0 Å². The van der Waals surface area contributed by atoms with E-state index >= 15 is 0 Å². The predicted octanol–water partition coefficient (Wildman–Crippen LogP) is 3.70. The van der Waals surface area contributed by atoms with Gasteiger partial charge in [-0.25, -0.2) is 9.18 Å². The summed E-state index contributed by atoms with van der Waals surface area (Å²) in [6, 6.07) is 4.31. The van der Waals surface area contributed by atoms with Crippen molar-refractivity contribution >= 4 is 17.7 Å². The lowest BCUT2D eigenvalue weighted by molar-refractivity contribution is -0.0357. The van der Waals surface area contributed by atoms with E-state index in [9.17, 15) is 14.3 Å². The van der Waals surface area contributed by atoms with Crippen molar-refractivity contribution in [1.29, 1.82) is 0 Å². The van der Waals surface area contributed by atoms with Crippen LogP contribution < -0.4 is 0 Å². The molecule has 4 nitrogen and oxygen atoms in total. The second-order valence-electron chi connectivity index (χ2n) is 6.63. The van der Waals surface area contributed by atoms with Gasteiger partial charge in [0.2, 0.25) is 0 Å². The Hall–Kier alpha value is -1.33. The molecule has 2 rings (SSSR count). The van der Waals surface area contributed by atoms with Gasteiger partial charge in [0.05, 0.1) is 10.6 Å². The Morgan fingerprint density at radius 1 is 1.36 bits per heavy atom. The summed E-state index contributed by atoms with van der Waals surface area (Å²) >= 11 is 5.67. The molecular formula is C16H21ClFNO3. The molecule has 1 fully saturated rings. The molecule has 0 bridgehead atoms. The number of benzene rings is 1. The van der Waals surface area contributed by atoms with Crippen molar-refractivity contribution in [3.63, 3.8) is 0 Å². The molecule has 0 atom stereocenters. The van der Waals surface area contributed by atoms with Gasteiger partial charge >= 0.3 is 6.09 Å². The molecule has 1 saturated heterocycles. The van der Waals surface area contributed by atoms with Crippen LogP contribution in [0.4, 0.5) is 9.18 Å². The number of carbonyl (C=O) groups excluding carboxylic acids is 1. The summed E-state index contributed by atoms with van der Waals surface area (Å²) in [5.41, 5.74) is -1.22. The van der Waals surface area contributed by atoms with Crippen LogP contribution in [-0.4, -0.2) is 34.8 Å². The molecule has 122 valence electrons. The van der Waals surface area contributed by atoms with Crippen LogP contribution in [0, 0.1) is 5.82 Å². The van der Waals surface area contributed by atoms with Crippen LogP contribution in [0.1, 0.15) is 39.2 Å². The number of aliphatic hydroxyl groups is 1. The van der Waals surface area contributed by atoms with Gasteiger partial charge in [-0.1, -0.05) is 17.7 Å². The minimum absolute atomic E-state index is 0.0264. The van der Waals surface area contributed by atoms with Crippen molar-refractivity contribution in [2.45, 2.75) is 44.8 Å². The fraction of sp³-hybridized carbons (Fsp3) is 0.562. The van der Waals surface area contributed by atoms with Crippen LogP contribution in [0.5, 0.6) is 0 Å². The summed E-state index contributed by atoms with van der Waals surface area (Å²) in [6.45, 7) is 6.14. The van der Waals surface area contributed by atoms with Gasteiger partial charge in [0, 0.05) is 13.1 Å². The van der Waals surface area contributed by atoms with E-state index in [2.05, 4.69) is 0 Å². The maximum Gasteiger partial charge on any atom is 0.410 e. The van der Waals surface area contributed by atoms with Crippen molar-refractivity contribution in [1.82, 2.24) is 4.90 Å². The number of amides is 1. The van der Waals surface area contributed by atoms with Crippen LogP contribution in [0.25, 0.3) is 0 Å². The van der Waals surface area contributed by atoms with Crippen molar-refractivity contribution in [3.8, 4) is 0 Å². The molecule has 0 radical (unpaired) electrons. The molecule has 1 aromatic carbocycles. The first kappa shape index (κ1) is 17.0. The zero-order chi connectivity index (χ0) is 16.5. The van der Waals surface area contributed by atoms with Crippen LogP contribution in [0.15, 0.2) is 18.2 Å². The molecule has 1 N–H and O–H groups in total. The molecule has 1 aromatic rings. The molecule has 1 aliphatic rings. The molecule has 1 aliphatic heterocycles. The van der Waals surface area contributed by atoms with Gasteiger partial charge in [-0.15, -0.1) is 0 Å². The third-order valence-corrected chi connectivity index (χ3v) is 4.01. The van der Waals surface area contributed by atoms with Crippen LogP contribution in [-0.2, 0) is 10.3 Å². The first-order valence-electron chi connectivity index (χ1n) is 7.27. The van der Waals surface area contributed by atoms with E-state index in [1.165, 1.54) is 12.1 Å². The minimum Gasteiger partial charge on any atom is -0.444 e. The highest BCUT2D eigenvalue weighted by Gasteiger charge is 2.37. The van der Waals surface area contributed by atoms with Crippen molar-refractivity contribution in [2.75, 3.05) is 13.1 Å². The van der Waals surface area contributed by atoms with Crippen molar-refractivity contribution in [3.05, 3.63) is 34.6 Å². The minimum atomic E-state index is -1.15. The second-order valence-corrected chi connectivity index (χ2v) is 7.04.